The van der Waals surface area contributed by atoms with E-state index in [-0.39, 0.29) is 17.9 Å². The van der Waals surface area contributed by atoms with Gasteiger partial charge in [0.2, 0.25) is 5.91 Å². The van der Waals surface area contributed by atoms with Crippen LogP contribution in [0.15, 0.2) is 6.20 Å². The summed E-state index contributed by atoms with van der Waals surface area (Å²) in [5.74, 6) is 0.221. The highest BCUT2D eigenvalue weighted by Gasteiger charge is 2.30. The van der Waals surface area contributed by atoms with Gasteiger partial charge in [-0.3, -0.25) is 19.7 Å². The average Bonchev–Trinajstić information content (AvgIpc) is 3.33. The van der Waals surface area contributed by atoms with Crippen molar-refractivity contribution >= 4 is 11.8 Å². The predicted molar refractivity (Wildman–Crippen MR) is 93.1 cm³/mol. The van der Waals surface area contributed by atoms with Gasteiger partial charge in [0.1, 0.15) is 6.04 Å². The average molecular weight is 365 g/mol. The molecule has 0 saturated carbocycles. The number of nitrogens with zero attached hydrogens (tertiary/aromatic N) is 4. The number of rotatable bonds is 7. The van der Waals surface area contributed by atoms with E-state index in [1.54, 1.807) is 18.0 Å². The van der Waals surface area contributed by atoms with Crippen LogP contribution in [-0.2, 0) is 16.1 Å². The number of hydrogen-bond acceptors (Lipinski definition) is 7. The molecule has 2 saturated heterocycles. The van der Waals surface area contributed by atoms with Crippen molar-refractivity contribution in [1.82, 2.24) is 36.1 Å². The van der Waals surface area contributed by atoms with E-state index in [9.17, 15) is 9.59 Å². The Balaban J connectivity index is 1.50. The minimum atomic E-state index is -0.256. The van der Waals surface area contributed by atoms with E-state index in [1.165, 1.54) is 0 Å². The first-order valence-corrected chi connectivity index (χ1v) is 9.12. The second kappa shape index (κ2) is 9.06. The molecule has 2 amide bonds. The Morgan fingerprint density at radius 2 is 2.31 bits per heavy atom. The van der Waals surface area contributed by atoms with Gasteiger partial charge in [0.15, 0.2) is 5.69 Å². The van der Waals surface area contributed by atoms with Crippen molar-refractivity contribution in [3.05, 3.63) is 11.9 Å². The number of hydrogen-bond donors (Lipinski definition) is 3. The van der Waals surface area contributed by atoms with Crippen LogP contribution in [0, 0.1) is 5.92 Å². The maximum atomic E-state index is 12.5. The SMILES string of the molecule is COCCNC(=O)c1cn(C[C@H]2CCCN(C(=O)C3CCNN3)C2)nn1. The first kappa shape index (κ1) is 18.7. The lowest BCUT2D eigenvalue weighted by molar-refractivity contribution is -0.135. The molecule has 0 spiro atoms. The fraction of sp³-hybridized carbons (Fsp3) is 0.750. The van der Waals surface area contributed by atoms with Gasteiger partial charge in [0.25, 0.3) is 5.91 Å². The molecule has 10 nitrogen and oxygen atoms in total. The molecule has 3 rings (SSSR count). The third kappa shape index (κ3) is 4.77. The molecule has 0 bridgehead atoms. The van der Waals surface area contributed by atoms with Crippen LogP contribution in [-0.4, -0.2) is 77.6 Å². The van der Waals surface area contributed by atoms with Gasteiger partial charge in [-0.2, -0.15) is 0 Å². The molecular formula is C16H27N7O3. The third-order valence-corrected chi connectivity index (χ3v) is 4.77. The molecule has 1 aromatic heterocycles. The molecule has 0 aliphatic carbocycles. The zero-order valence-electron chi connectivity index (χ0n) is 15.1. The Bertz CT molecular complexity index is 615. The van der Waals surface area contributed by atoms with E-state index < -0.39 is 0 Å². The number of aromatic nitrogens is 3. The standard InChI is InChI=1S/C16H27N7O3/c1-26-8-6-17-15(24)14-11-23(21-20-14)10-12-3-2-7-22(9-12)16(25)13-4-5-18-19-13/h11-13,18-19H,2-10H2,1H3,(H,17,24)/t12-,13?/m0/s1. The van der Waals surface area contributed by atoms with E-state index in [1.807, 2.05) is 4.90 Å². The number of nitrogens with one attached hydrogen (secondary N) is 3. The Hall–Kier alpha value is -2.04. The normalized spacial score (nSPS) is 23.2. The molecule has 0 aromatic carbocycles. The second-order valence-corrected chi connectivity index (χ2v) is 6.78. The highest BCUT2D eigenvalue weighted by Crippen LogP contribution is 2.19. The lowest BCUT2D eigenvalue weighted by Crippen LogP contribution is -2.49. The van der Waals surface area contributed by atoms with Gasteiger partial charge in [0.05, 0.1) is 12.8 Å². The summed E-state index contributed by atoms with van der Waals surface area (Å²) >= 11 is 0. The molecule has 2 aliphatic rings. The van der Waals surface area contributed by atoms with Gasteiger partial charge in [-0.1, -0.05) is 5.21 Å². The summed E-state index contributed by atoms with van der Waals surface area (Å²) in [5.41, 5.74) is 6.34. The lowest BCUT2D eigenvalue weighted by atomic mass is 9.97. The summed E-state index contributed by atoms with van der Waals surface area (Å²) in [6, 6.07) is -0.123. The fourth-order valence-corrected chi connectivity index (χ4v) is 3.42. The smallest absolute Gasteiger partial charge is 0.273 e. The lowest BCUT2D eigenvalue weighted by Gasteiger charge is -2.34. The molecule has 10 heteroatoms. The van der Waals surface area contributed by atoms with Crippen molar-refractivity contribution in [3.63, 3.8) is 0 Å². The highest BCUT2D eigenvalue weighted by molar-refractivity contribution is 5.91. The maximum absolute atomic E-state index is 12.5. The summed E-state index contributed by atoms with van der Waals surface area (Å²) in [6.07, 6.45) is 4.50. The van der Waals surface area contributed by atoms with Crippen molar-refractivity contribution in [1.29, 1.82) is 0 Å². The number of ether oxygens (including phenoxy) is 1. The van der Waals surface area contributed by atoms with Crippen molar-refractivity contribution < 1.29 is 14.3 Å². The number of methoxy groups -OCH3 is 1. The van der Waals surface area contributed by atoms with Gasteiger partial charge in [-0.15, -0.1) is 5.10 Å². The molecule has 3 heterocycles. The number of likely N-dealkylation sites (tertiary alicyclic amines) is 1. The highest BCUT2D eigenvalue weighted by atomic mass is 16.5. The fourth-order valence-electron chi connectivity index (χ4n) is 3.42. The minimum absolute atomic E-state index is 0.123. The van der Waals surface area contributed by atoms with Crippen molar-refractivity contribution in [3.8, 4) is 0 Å². The number of amides is 2. The second-order valence-electron chi connectivity index (χ2n) is 6.78. The van der Waals surface area contributed by atoms with Gasteiger partial charge in [0, 0.05) is 39.8 Å². The molecule has 0 radical (unpaired) electrons. The van der Waals surface area contributed by atoms with E-state index >= 15 is 0 Å². The van der Waals surface area contributed by atoms with Crippen molar-refractivity contribution in [2.45, 2.75) is 31.8 Å². The Labute approximate surface area is 152 Å². The Morgan fingerprint density at radius 3 is 3.08 bits per heavy atom. The molecular weight excluding hydrogens is 338 g/mol. The van der Waals surface area contributed by atoms with Crippen LogP contribution in [0.1, 0.15) is 29.8 Å². The van der Waals surface area contributed by atoms with Crippen LogP contribution in [0.4, 0.5) is 0 Å². The maximum Gasteiger partial charge on any atom is 0.273 e. The third-order valence-electron chi connectivity index (χ3n) is 4.77. The van der Waals surface area contributed by atoms with Gasteiger partial charge in [-0.25, -0.2) is 5.43 Å². The molecule has 2 atom stereocenters. The number of carbonyl (C=O) groups is 2. The molecule has 3 N–H and O–H groups in total. The molecule has 26 heavy (non-hydrogen) atoms. The van der Waals surface area contributed by atoms with Gasteiger partial charge >= 0.3 is 0 Å². The minimum Gasteiger partial charge on any atom is -0.383 e. The van der Waals surface area contributed by atoms with Crippen LogP contribution in [0.2, 0.25) is 0 Å². The monoisotopic (exact) mass is 365 g/mol. The Kier molecular flexibility index (Phi) is 6.53. The summed E-state index contributed by atoms with van der Waals surface area (Å²) in [4.78, 5) is 26.4. The van der Waals surface area contributed by atoms with E-state index in [4.69, 9.17) is 4.74 Å². The van der Waals surface area contributed by atoms with E-state index in [0.29, 0.717) is 37.9 Å². The molecule has 144 valence electrons. The quantitative estimate of drug-likeness (QED) is 0.518. The summed E-state index contributed by atoms with van der Waals surface area (Å²) in [7, 11) is 1.58. The van der Waals surface area contributed by atoms with Crippen molar-refractivity contribution in [2.24, 2.45) is 5.92 Å². The largest absolute Gasteiger partial charge is 0.383 e. The van der Waals surface area contributed by atoms with Crippen LogP contribution < -0.4 is 16.2 Å². The summed E-state index contributed by atoms with van der Waals surface area (Å²) < 4.78 is 6.60. The van der Waals surface area contributed by atoms with E-state index in [2.05, 4.69) is 26.5 Å². The molecule has 1 aromatic rings. The summed E-state index contributed by atoms with van der Waals surface area (Å²) in [5, 5.41) is 10.7. The van der Waals surface area contributed by atoms with Crippen LogP contribution in [0.3, 0.4) is 0 Å². The number of hydrazine groups is 1. The first-order chi connectivity index (χ1) is 12.7. The van der Waals surface area contributed by atoms with Gasteiger partial charge < -0.3 is 15.0 Å². The van der Waals surface area contributed by atoms with Crippen molar-refractivity contribution in [2.75, 3.05) is 39.9 Å². The summed E-state index contributed by atoms with van der Waals surface area (Å²) in [6.45, 7) is 3.88. The Morgan fingerprint density at radius 1 is 1.42 bits per heavy atom. The van der Waals surface area contributed by atoms with E-state index in [0.717, 1.165) is 32.4 Å². The predicted octanol–water partition coefficient (Wildman–Crippen LogP) is -1.24. The zero-order chi connectivity index (χ0) is 18.4. The number of piperidine rings is 1. The topological polar surface area (TPSA) is 113 Å². The number of carbonyl (C=O) groups excluding carboxylic acids is 2. The molecule has 2 fully saturated rings. The zero-order valence-corrected chi connectivity index (χ0v) is 15.1. The van der Waals surface area contributed by atoms with Crippen LogP contribution in [0.5, 0.6) is 0 Å². The molecule has 2 aliphatic heterocycles. The molecule has 1 unspecified atom stereocenters. The van der Waals surface area contributed by atoms with Crippen LogP contribution in [0.25, 0.3) is 0 Å². The van der Waals surface area contributed by atoms with Gasteiger partial charge in [-0.05, 0) is 25.2 Å². The van der Waals surface area contributed by atoms with Crippen LogP contribution >= 0.6 is 0 Å². The first-order valence-electron chi connectivity index (χ1n) is 9.12.